The average molecular weight is 542 g/mol. The minimum Gasteiger partial charge on any atom is -0.465 e. The molecule has 3 atom stereocenters. The standard InChI is InChI=1S/C19H19F3N6O2S.C3H7NO2/c20-19(21,22)10-3-1-2-4-13(10)31-18-24-16(23-9-5-6-9)14-17(25-18)28(27-26-14)11-7-8-12(29)15(11)30;1-2-4-3(5)6/h1-4,9,11-12,15,29-30H,5-8H2,(H,23,24,25);4H,2H2,1H3,(H,5,6)/t11-,12-,15+;/m1./s1. The predicted octanol–water partition coefficient (Wildman–Crippen LogP) is 3.30. The maximum absolute atomic E-state index is 13.4. The number of alkyl halides is 3. The highest BCUT2D eigenvalue weighted by molar-refractivity contribution is 7.99. The number of benzene rings is 1. The summed E-state index contributed by atoms with van der Waals surface area (Å²) in [4.78, 5) is 18.3. The molecule has 0 radical (unpaired) electrons. The van der Waals surface area contributed by atoms with Crippen molar-refractivity contribution in [2.24, 2.45) is 0 Å². The Hall–Kier alpha value is -3.17. The topological polar surface area (TPSA) is 158 Å². The number of carbonyl (C=O) groups is 1. The first-order valence-corrected chi connectivity index (χ1v) is 12.5. The molecule has 2 aliphatic carbocycles. The zero-order valence-electron chi connectivity index (χ0n) is 19.7. The zero-order chi connectivity index (χ0) is 26.7. The molecule has 5 rings (SSSR count). The molecular weight excluding hydrogens is 515 g/mol. The maximum atomic E-state index is 13.4. The van der Waals surface area contributed by atoms with Crippen LogP contribution in [0.3, 0.4) is 0 Å². The van der Waals surface area contributed by atoms with Crippen molar-refractivity contribution in [2.45, 2.75) is 73.1 Å². The van der Waals surface area contributed by atoms with Gasteiger partial charge in [0.1, 0.15) is 6.10 Å². The lowest BCUT2D eigenvalue weighted by molar-refractivity contribution is -0.139. The van der Waals surface area contributed by atoms with E-state index < -0.39 is 36.1 Å². The molecule has 5 N–H and O–H groups in total. The molecule has 2 saturated carbocycles. The zero-order valence-corrected chi connectivity index (χ0v) is 20.5. The van der Waals surface area contributed by atoms with Gasteiger partial charge in [-0.2, -0.15) is 13.2 Å². The summed E-state index contributed by atoms with van der Waals surface area (Å²) in [7, 11) is 0. The van der Waals surface area contributed by atoms with Gasteiger partial charge in [0, 0.05) is 17.5 Å². The Bertz CT molecular complexity index is 1250. The summed E-state index contributed by atoms with van der Waals surface area (Å²) in [6.07, 6.45) is -4.54. The first-order valence-electron chi connectivity index (χ1n) is 11.6. The monoisotopic (exact) mass is 541 g/mol. The summed E-state index contributed by atoms with van der Waals surface area (Å²) in [6, 6.07) is 4.96. The SMILES string of the molecule is CCNC(=O)O.O[C@@H]1[C@H](O)CC[C@H]1n1nnc2c(NC3CC3)nc(Sc3ccccc3C(F)(F)F)nc21. The molecule has 1 amide bonds. The van der Waals surface area contributed by atoms with Gasteiger partial charge in [0.25, 0.3) is 0 Å². The number of amides is 1. The quantitative estimate of drug-likeness (QED) is 0.293. The summed E-state index contributed by atoms with van der Waals surface area (Å²) < 4.78 is 41.7. The molecule has 0 saturated heterocycles. The smallest absolute Gasteiger partial charge is 0.417 e. The van der Waals surface area contributed by atoms with Crippen LogP contribution in [0.2, 0.25) is 0 Å². The van der Waals surface area contributed by atoms with Crippen LogP contribution in [-0.2, 0) is 6.18 Å². The van der Waals surface area contributed by atoms with E-state index in [0.717, 1.165) is 30.7 Å². The first kappa shape index (κ1) is 26.9. The minimum absolute atomic E-state index is 0.0120. The number of carboxylic acid groups (broad SMARTS) is 1. The number of nitrogens with zero attached hydrogens (tertiary/aromatic N) is 5. The van der Waals surface area contributed by atoms with Crippen LogP contribution in [0.1, 0.15) is 44.2 Å². The number of aliphatic hydroxyl groups excluding tert-OH is 2. The van der Waals surface area contributed by atoms with Crippen LogP contribution >= 0.6 is 11.8 Å². The van der Waals surface area contributed by atoms with Crippen LogP contribution < -0.4 is 10.6 Å². The van der Waals surface area contributed by atoms with Crippen molar-refractivity contribution in [1.82, 2.24) is 30.3 Å². The number of anilines is 1. The fourth-order valence-corrected chi connectivity index (χ4v) is 4.75. The molecule has 2 aromatic heterocycles. The number of halogens is 3. The summed E-state index contributed by atoms with van der Waals surface area (Å²) in [6.45, 7) is 2.21. The van der Waals surface area contributed by atoms with E-state index in [0.29, 0.717) is 36.4 Å². The lowest BCUT2D eigenvalue weighted by Crippen LogP contribution is -2.28. The van der Waals surface area contributed by atoms with E-state index in [-0.39, 0.29) is 16.1 Å². The minimum atomic E-state index is -4.50. The lowest BCUT2D eigenvalue weighted by atomic mass is 10.2. The van der Waals surface area contributed by atoms with E-state index in [1.165, 1.54) is 22.9 Å². The van der Waals surface area contributed by atoms with Crippen molar-refractivity contribution in [2.75, 3.05) is 11.9 Å². The molecule has 11 nitrogen and oxygen atoms in total. The first-order chi connectivity index (χ1) is 17.6. The number of hydrogen-bond donors (Lipinski definition) is 5. The van der Waals surface area contributed by atoms with Crippen LogP contribution in [0.25, 0.3) is 11.2 Å². The third-order valence-corrected chi connectivity index (χ3v) is 6.74. The van der Waals surface area contributed by atoms with Crippen LogP contribution in [0, 0.1) is 0 Å². The molecule has 0 unspecified atom stereocenters. The van der Waals surface area contributed by atoms with Crippen LogP contribution in [0.4, 0.5) is 23.8 Å². The second-order valence-electron chi connectivity index (χ2n) is 8.61. The number of fused-ring (bicyclic) bond motifs is 1. The molecule has 0 aliphatic heterocycles. The van der Waals surface area contributed by atoms with Crippen LogP contribution in [-0.4, -0.2) is 71.2 Å². The van der Waals surface area contributed by atoms with Crippen molar-refractivity contribution in [3.63, 3.8) is 0 Å². The van der Waals surface area contributed by atoms with Gasteiger partial charge in [-0.1, -0.05) is 17.3 Å². The van der Waals surface area contributed by atoms with E-state index in [1.807, 2.05) is 0 Å². The molecule has 15 heteroatoms. The molecular formula is C22H26F3N7O4S. The van der Waals surface area contributed by atoms with Crippen molar-refractivity contribution >= 4 is 34.8 Å². The highest BCUT2D eigenvalue weighted by Gasteiger charge is 2.37. The van der Waals surface area contributed by atoms with E-state index in [1.54, 1.807) is 6.92 Å². The van der Waals surface area contributed by atoms with E-state index in [4.69, 9.17) is 5.11 Å². The molecule has 2 heterocycles. The van der Waals surface area contributed by atoms with Gasteiger partial charge in [-0.15, -0.1) is 5.10 Å². The maximum Gasteiger partial charge on any atom is 0.417 e. The summed E-state index contributed by atoms with van der Waals surface area (Å²) in [5.74, 6) is 0.402. The normalized spacial score (nSPS) is 21.4. The lowest BCUT2D eigenvalue weighted by Gasteiger charge is -2.17. The molecule has 2 fully saturated rings. The van der Waals surface area contributed by atoms with E-state index in [9.17, 15) is 28.2 Å². The van der Waals surface area contributed by atoms with Gasteiger partial charge >= 0.3 is 12.3 Å². The number of aromatic nitrogens is 5. The van der Waals surface area contributed by atoms with Gasteiger partial charge in [-0.05, 0) is 56.5 Å². The van der Waals surface area contributed by atoms with Crippen LogP contribution in [0.15, 0.2) is 34.3 Å². The number of rotatable bonds is 6. The Morgan fingerprint density at radius 1 is 1.16 bits per heavy atom. The Morgan fingerprint density at radius 3 is 2.46 bits per heavy atom. The van der Waals surface area contributed by atoms with Gasteiger partial charge in [0.05, 0.1) is 17.7 Å². The van der Waals surface area contributed by atoms with E-state index >= 15 is 0 Å². The second kappa shape index (κ2) is 11.1. The largest absolute Gasteiger partial charge is 0.465 e. The van der Waals surface area contributed by atoms with Crippen LogP contribution in [0.5, 0.6) is 0 Å². The molecule has 1 aromatic carbocycles. The summed E-state index contributed by atoms with van der Waals surface area (Å²) in [5, 5.41) is 41.8. The molecule has 200 valence electrons. The number of aliphatic hydroxyl groups is 2. The van der Waals surface area contributed by atoms with E-state index in [2.05, 4.69) is 30.9 Å². The molecule has 2 aliphatic rings. The van der Waals surface area contributed by atoms with Crippen molar-refractivity contribution in [1.29, 1.82) is 0 Å². The summed E-state index contributed by atoms with van der Waals surface area (Å²) >= 11 is 0.811. The average Bonchev–Trinajstić information content (AvgIpc) is 3.46. The highest BCUT2D eigenvalue weighted by atomic mass is 32.2. The molecule has 37 heavy (non-hydrogen) atoms. The third-order valence-electron chi connectivity index (χ3n) is 5.80. The Labute approximate surface area is 213 Å². The molecule has 3 aromatic rings. The fourth-order valence-electron chi connectivity index (χ4n) is 3.85. The van der Waals surface area contributed by atoms with Gasteiger partial charge in [-0.3, -0.25) is 0 Å². The fraction of sp³-hybridized carbons (Fsp3) is 0.500. The summed E-state index contributed by atoms with van der Waals surface area (Å²) in [5.41, 5.74) is -0.0707. The van der Waals surface area contributed by atoms with Crippen molar-refractivity contribution in [3.8, 4) is 0 Å². The van der Waals surface area contributed by atoms with Gasteiger partial charge in [0.15, 0.2) is 22.1 Å². The predicted molar refractivity (Wildman–Crippen MR) is 127 cm³/mol. The number of nitrogens with one attached hydrogen (secondary N) is 2. The Morgan fingerprint density at radius 2 is 1.89 bits per heavy atom. The van der Waals surface area contributed by atoms with Gasteiger partial charge in [-0.25, -0.2) is 19.4 Å². The highest BCUT2D eigenvalue weighted by Crippen LogP contribution is 2.40. The van der Waals surface area contributed by atoms with Crippen molar-refractivity contribution in [3.05, 3.63) is 29.8 Å². The Kier molecular flexibility index (Phi) is 8.04. The van der Waals surface area contributed by atoms with Gasteiger partial charge in [0.2, 0.25) is 0 Å². The van der Waals surface area contributed by atoms with Gasteiger partial charge < -0.3 is 26.0 Å². The molecule has 0 spiro atoms. The second-order valence-corrected chi connectivity index (χ2v) is 9.62. The third kappa shape index (κ3) is 6.40. The number of hydrogen-bond acceptors (Lipinski definition) is 9. The van der Waals surface area contributed by atoms with Crippen molar-refractivity contribution < 1.29 is 33.3 Å². The molecule has 0 bridgehead atoms. The Balaban J connectivity index is 0.000000480.